The van der Waals surface area contributed by atoms with Gasteiger partial charge in [-0.25, -0.2) is 4.79 Å². The van der Waals surface area contributed by atoms with Crippen LogP contribution in [-0.4, -0.2) is 36.1 Å². The van der Waals surface area contributed by atoms with Crippen LogP contribution in [0.25, 0.3) is 0 Å². The molecule has 1 aliphatic heterocycles. The average Bonchev–Trinajstić information content (AvgIpc) is 2.47. The van der Waals surface area contributed by atoms with Crippen LogP contribution in [0.1, 0.15) is 25.3 Å². The number of piperidine rings is 1. The lowest BCUT2D eigenvalue weighted by Gasteiger charge is -2.31. The van der Waals surface area contributed by atoms with E-state index in [2.05, 4.69) is 12.2 Å². The number of anilines is 1. The molecule has 114 valence electrons. The van der Waals surface area contributed by atoms with E-state index in [1.165, 1.54) is 0 Å². The molecule has 1 aromatic rings. The number of nitrogens with one attached hydrogen (secondary N) is 1. The molecule has 1 atom stereocenters. The third-order valence-electron chi connectivity index (χ3n) is 3.69. The van der Waals surface area contributed by atoms with Crippen molar-refractivity contribution in [2.45, 2.75) is 19.8 Å². The number of nitrogens with zero attached hydrogens (tertiary/aromatic N) is 1. The molecule has 0 spiro atoms. The first-order valence-corrected chi connectivity index (χ1v) is 7.46. The fourth-order valence-corrected chi connectivity index (χ4v) is 2.77. The quantitative estimate of drug-likeness (QED) is 0.842. The molecule has 0 aliphatic carbocycles. The van der Waals surface area contributed by atoms with Crippen LogP contribution in [0.4, 0.5) is 10.5 Å². The third kappa shape index (κ3) is 3.64. The van der Waals surface area contributed by atoms with Crippen molar-refractivity contribution in [3.8, 4) is 5.75 Å². The molecule has 1 aliphatic rings. The number of benzene rings is 1. The summed E-state index contributed by atoms with van der Waals surface area (Å²) in [6.45, 7) is 3.69. The van der Waals surface area contributed by atoms with Gasteiger partial charge in [0.05, 0.1) is 12.8 Å². The van der Waals surface area contributed by atoms with Gasteiger partial charge >= 0.3 is 6.03 Å². The molecule has 5 nitrogen and oxygen atoms in total. The number of nitrogens with two attached hydrogens (primary N) is 1. The minimum absolute atomic E-state index is 0.136. The van der Waals surface area contributed by atoms with Gasteiger partial charge in [-0.05, 0) is 30.9 Å². The Bertz CT molecular complexity index is 548. The lowest BCUT2D eigenvalue weighted by Crippen LogP contribution is -2.42. The maximum absolute atomic E-state index is 12.4. The predicted molar refractivity (Wildman–Crippen MR) is 87.9 cm³/mol. The highest BCUT2D eigenvalue weighted by atomic mass is 32.1. The third-order valence-corrected chi connectivity index (χ3v) is 3.91. The van der Waals surface area contributed by atoms with Crippen LogP contribution in [0.3, 0.4) is 0 Å². The fraction of sp³-hybridized carbons (Fsp3) is 0.467. The van der Waals surface area contributed by atoms with E-state index in [-0.39, 0.29) is 11.0 Å². The van der Waals surface area contributed by atoms with Gasteiger partial charge in [0.25, 0.3) is 0 Å². The first-order chi connectivity index (χ1) is 10.0. The summed E-state index contributed by atoms with van der Waals surface area (Å²) < 4.78 is 5.30. The van der Waals surface area contributed by atoms with Gasteiger partial charge in [-0.1, -0.05) is 25.2 Å². The Kier molecular flexibility index (Phi) is 5.01. The predicted octanol–water partition coefficient (Wildman–Crippen LogP) is 2.59. The maximum atomic E-state index is 12.4. The van der Waals surface area contributed by atoms with Crippen LogP contribution in [0.15, 0.2) is 18.2 Å². The summed E-state index contributed by atoms with van der Waals surface area (Å²) in [5.74, 6) is 1.08. The van der Waals surface area contributed by atoms with Gasteiger partial charge in [0.2, 0.25) is 0 Å². The molecule has 1 unspecified atom stereocenters. The molecule has 1 aromatic carbocycles. The Morgan fingerprint density at radius 3 is 2.90 bits per heavy atom. The van der Waals surface area contributed by atoms with Gasteiger partial charge in [0.1, 0.15) is 10.7 Å². The highest BCUT2D eigenvalue weighted by molar-refractivity contribution is 7.80. The van der Waals surface area contributed by atoms with Crippen molar-refractivity contribution in [3.63, 3.8) is 0 Å². The number of hydrogen-bond acceptors (Lipinski definition) is 3. The summed E-state index contributed by atoms with van der Waals surface area (Å²) >= 11 is 5.04. The van der Waals surface area contributed by atoms with Crippen LogP contribution >= 0.6 is 12.2 Å². The second-order valence-corrected chi connectivity index (χ2v) is 5.81. The molecular weight excluding hydrogens is 286 g/mol. The van der Waals surface area contributed by atoms with Crippen LogP contribution in [0.5, 0.6) is 5.75 Å². The van der Waals surface area contributed by atoms with Crippen LogP contribution in [0.2, 0.25) is 0 Å². The number of para-hydroxylation sites is 1. The number of likely N-dealkylation sites (tertiary alicyclic amines) is 1. The molecule has 0 aromatic heterocycles. The minimum Gasteiger partial charge on any atom is -0.495 e. The summed E-state index contributed by atoms with van der Waals surface area (Å²) in [5, 5.41) is 2.90. The van der Waals surface area contributed by atoms with E-state index >= 15 is 0 Å². The molecule has 1 fully saturated rings. The van der Waals surface area contributed by atoms with Crippen molar-refractivity contribution in [1.29, 1.82) is 0 Å². The van der Waals surface area contributed by atoms with E-state index in [0.29, 0.717) is 22.9 Å². The number of thiocarbonyl (C=S) groups is 1. The van der Waals surface area contributed by atoms with Crippen molar-refractivity contribution < 1.29 is 9.53 Å². The number of amides is 2. The average molecular weight is 307 g/mol. The SMILES string of the molecule is COc1cccc(C(N)=S)c1NC(=O)N1CCCC(C)C1. The van der Waals surface area contributed by atoms with Crippen LogP contribution < -0.4 is 15.8 Å². The number of carbonyl (C=O) groups excluding carboxylic acids is 1. The van der Waals surface area contributed by atoms with E-state index in [4.69, 9.17) is 22.7 Å². The first kappa shape index (κ1) is 15.6. The Balaban J connectivity index is 2.21. The summed E-state index contributed by atoms with van der Waals surface area (Å²) in [6, 6.07) is 5.21. The molecule has 0 saturated carbocycles. The largest absolute Gasteiger partial charge is 0.495 e. The molecule has 0 radical (unpaired) electrons. The molecule has 1 saturated heterocycles. The van der Waals surface area contributed by atoms with E-state index in [0.717, 1.165) is 25.9 Å². The lowest BCUT2D eigenvalue weighted by atomic mass is 10.0. The standard InChI is InChI=1S/C15H21N3O2S/c1-10-5-4-8-18(9-10)15(19)17-13-11(14(16)21)6-3-7-12(13)20-2/h3,6-7,10H,4-5,8-9H2,1-2H3,(H2,16,21)(H,17,19). The van der Waals surface area contributed by atoms with Crippen molar-refractivity contribution >= 4 is 28.9 Å². The number of methoxy groups -OCH3 is 1. The van der Waals surface area contributed by atoms with E-state index in [1.54, 1.807) is 25.3 Å². The summed E-state index contributed by atoms with van der Waals surface area (Å²) in [7, 11) is 1.55. The summed E-state index contributed by atoms with van der Waals surface area (Å²) in [5.41, 5.74) is 6.88. The van der Waals surface area contributed by atoms with Gasteiger partial charge < -0.3 is 20.7 Å². The molecule has 1 heterocycles. The van der Waals surface area contributed by atoms with Gasteiger partial charge in [-0.3, -0.25) is 0 Å². The Hall–Kier alpha value is -1.82. The molecule has 0 bridgehead atoms. The fourth-order valence-electron chi connectivity index (χ4n) is 2.60. The van der Waals surface area contributed by atoms with Gasteiger partial charge in [0, 0.05) is 18.7 Å². The Morgan fingerprint density at radius 1 is 1.52 bits per heavy atom. The van der Waals surface area contributed by atoms with Crippen LogP contribution in [0, 0.1) is 5.92 Å². The number of rotatable bonds is 3. The van der Waals surface area contributed by atoms with E-state index < -0.39 is 0 Å². The molecule has 6 heteroatoms. The normalized spacial score (nSPS) is 18.2. The van der Waals surface area contributed by atoms with Crippen molar-refractivity contribution in [2.24, 2.45) is 11.7 Å². The van der Waals surface area contributed by atoms with Crippen LogP contribution in [-0.2, 0) is 0 Å². The molecular formula is C15H21N3O2S. The molecule has 3 N–H and O–H groups in total. The van der Waals surface area contributed by atoms with Gasteiger partial charge in [-0.15, -0.1) is 0 Å². The number of hydrogen-bond donors (Lipinski definition) is 2. The number of urea groups is 1. The molecule has 2 rings (SSSR count). The highest BCUT2D eigenvalue weighted by Crippen LogP contribution is 2.29. The molecule has 2 amide bonds. The van der Waals surface area contributed by atoms with E-state index in [1.807, 2.05) is 4.90 Å². The van der Waals surface area contributed by atoms with Gasteiger partial charge in [0.15, 0.2) is 0 Å². The molecule has 21 heavy (non-hydrogen) atoms. The van der Waals surface area contributed by atoms with Gasteiger partial charge in [-0.2, -0.15) is 0 Å². The maximum Gasteiger partial charge on any atom is 0.321 e. The highest BCUT2D eigenvalue weighted by Gasteiger charge is 2.23. The minimum atomic E-state index is -0.136. The smallest absolute Gasteiger partial charge is 0.321 e. The number of carbonyl (C=O) groups is 1. The Morgan fingerprint density at radius 2 is 2.29 bits per heavy atom. The summed E-state index contributed by atoms with van der Waals surface area (Å²) in [6.07, 6.45) is 2.19. The summed E-state index contributed by atoms with van der Waals surface area (Å²) in [4.78, 5) is 14.5. The second-order valence-electron chi connectivity index (χ2n) is 5.37. The monoisotopic (exact) mass is 307 g/mol. The Labute approximate surface area is 130 Å². The zero-order chi connectivity index (χ0) is 15.4. The number of ether oxygens (including phenoxy) is 1. The van der Waals surface area contributed by atoms with Crippen molar-refractivity contribution in [1.82, 2.24) is 4.90 Å². The second kappa shape index (κ2) is 6.76. The van der Waals surface area contributed by atoms with E-state index in [9.17, 15) is 4.79 Å². The topological polar surface area (TPSA) is 67.6 Å². The zero-order valence-electron chi connectivity index (χ0n) is 12.4. The van der Waals surface area contributed by atoms with Crippen molar-refractivity contribution in [2.75, 3.05) is 25.5 Å². The first-order valence-electron chi connectivity index (χ1n) is 7.05. The zero-order valence-corrected chi connectivity index (χ0v) is 13.2. The van der Waals surface area contributed by atoms with Crippen molar-refractivity contribution in [3.05, 3.63) is 23.8 Å². The lowest BCUT2D eigenvalue weighted by molar-refractivity contribution is 0.182.